The Morgan fingerprint density at radius 3 is 2.67 bits per heavy atom. The topological polar surface area (TPSA) is 38.3 Å². The first-order valence-corrected chi connectivity index (χ1v) is 5.94. The molecule has 1 unspecified atom stereocenters. The molecule has 1 N–H and O–H groups in total. The second-order valence-corrected chi connectivity index (χ2v) is 5.31. The average molecular weight is 191 g/mol. The highest BCUT2D eigenvalue weighted by molar-refractivity contribution is 7.84. The molecule has 0 saturated carbocycles. The van der Waals surface area contributed by atoms with Gasteiger partial charge in [0, 0.05) is 41.3 Å². The molecule has 1 rings (SSSR count). The first-order valence-electron chi connectivity index (χ1n) is 4.21. The zero-order valence-electron chi connectivity index (χ0n) is 7.76. The van der Waals surface area contributed by atoms with Crippen LogP contribution in [0.15, 0.2) is 0 Å². The van der Waals surface area contributed by atoms with Crippen molar-refractivity contribution >= 4 is 10.8 Å². The molecule has 0 amide bonds. The highest BCUT2D eigenvalue weighted by atomic mass is 32.2. The SMILES string of the molecule is CS(=O)CCNCC1(C)COC1. The van der Waals surface area contributed by atoms with E-state index in [1.54, 1.807) is 6.26 Å². The van der Waals surface area contributed by atoms with Gasteiger partial charge in [0.2, 0.25) is 0 Å². The molecule has 1 fully saturated rings. The maximum Gasteiger partial charge on any atom is 0.0554 e. The van der Waals surface area contributed by atoms with Gasteiger partial charge in [0.05, 0.1) is 13.2 Å². The third-order valence-corrected chi connectivity index (χ3v) is 2.80. The average Bonchev–Trinajstić information content (AvgIpc) is 1.94. The van der Waals surface area contributed by atoms with Crippen LogP contribution in [0.2, 0.25) is 0 Å². The van der Waals surface area contributed by atoms with Crippen molar-refractivity contribution in [3.8, 4) is 0 Å². The summed E-state index contributed by atoms with van der Waals surface area (Å²) in [7, 11) is -0.672. The van der Waals surface area contributed by atoms with E-state index >= 15 is 0 Å². The molecule has 0 radical (unpaired) electrons. The maximum absolute atomic E-state index is 10.7. The van der Waals surface area contributed by atoms with Gasteiger partial charge < -0.3 is 10.1 Å². The Bertz CT molecular complexity index is 168. The number of hydrogen-bond acceptors (Lipinski definition) is 3. The van der Waals surface area contributed by atoms with Crippen molar-refractivity contribution in [3.05, 3.63) is 0 Å². The molecule has 4 heteroatoms. The van der Waals surface area contributed by atoms with Crippen LogP contribution in [0.25, 0.3) is 0 Å². The molecule has 3 nitrogen and oxygen atoms in total. The summed E-state index contributed by atoms with van der Waals surface area (Å²) in [5, 5.41) is 3.29. The van der Waals surface area contributed by atoms with E-state index in [1.165, 1.54) is 0 Å². The minimum Gasteiger partial charge on any atom is -0.380 e. The molecule has 0 spiro atoms. The first kappa shape index (κ1) is 10.2. The molecule has 1 saturated heterocycles. The van der Waals surface area contributed by atoms with Crippen LogP contribution in [0.5, 0.6) is 0 Å². The molecule has 0 aromatic heterocycles. The van der Waals surface area contributed by atoms with E-state index in [4.69, 9.17) is 4.74 Å². The Kier molecular flexibility index (Phi) is 3.68. The fourth-order valence-corrected chi connectivity index (χ4v) is 1.59. The van der Waals surface area contributed by atoms with E-state index in [1.807, 2.05) is 0 Å². The summed E-state index contributed by atoms with van der Waals surface area (Å²) < 4.78 is 15.8. The van der Waals surface area contributed by atoms with Crippen molar-refractivity contribution in [2.75, 3.05) is 38.3 Å². The predicted molar refractivity (Wildman–Crippen MR) is 50.7 cm³/mol. The quantitative estimate of drug-likeness (QED) is 0.621. The van der Waals surface area contributed by atoms with E-state index in [-0.39, 0.29) is 0 Å². The monoisotopic (exact) mass is 191 g/mol. The van der Waals surface area contributed by atoms with Gasteiger partial charge in [-0.3, -0.25) is 4.21 Å². The third-order valence-electron chi connectivity index (χ3n) is 2.02. The first-order chi connectivity index (χ1) is 5.62. The van der Waals surface area contributed by atoms with E-state index in [0.717, 1.165) is 32.1 Å². The smallest absolute Gasteiger partial charge is 0.0554 e. The lowest BCUT2D eigenvalue weighted by Gasteiger charge is -2.38. The van der Waals surface area contributed by atoms with Gasteiger partial charge >= 0.3 is 0 Å². The van der Waals surface area contributed by atoms with E-state index in [9.17, 15) is 4.21 Å². The molecule has 1 aliphatic heterocycles. The standard InChI is InChI=1S/C8H17NO2S/c1-8(6-11-7-8)5-9-3-4-12(2)10/h9H,3-7H2,1-2H3. The van der Waals surface area contributed by atoms with Gasteiger partial charge in [-0.25, -0.2) is 0 Å². The Morgan fingerprint density at radius 1 is 1.58 bits per heavy atom. The van der Waals surface area contributed by atoms with Crippen LogP contribution in [0.3, 0.4) is 0 Å². The summed E-state index contributed by atoms with van der Waals surface area (Å²) in [6.07, 6.45) is 1.73. The summed E-state index contributed by atoms with van der Waals surface area (Å²) in [5.74, 6) is 0.747. The zero-order chi connectivity index (χ0) is 9.03. The molecule has 0 aliphatic carbocycles. The molecule has 1 aliphatic rings. The Labute approximate surface area is 76.3 Å². The van der Waals surface area contributed by atoms with Crippen LogP contribution in [0.4, 0.5) is 0 Å². The van der Waals surface area contributed by atoms with E-state index in [0.29, 0.717) is 5.41 Å². The molecule has 0 bridgehead atoms. The third kappa shape index (κ3) is 3.21. The van der Waals surface area contributed by atoms with Crippen molar-refractivity contribution in [2.45, 2.75) is 6.92 Å². The lowest BCUT2D eigenvalue weighted by Crippen LogP contribution is -2.47. The van der Waals surface area contributed by atoms with Gasteiger partial charge in [-0.05, 0) is 0 Å². The molecular weight excluding hydrogens is 174 g/mol. The fourth-order valence-electron chi connectivity index (χ4n) is 1.16. The predicted octanol–water partition coefficient (Wildman–Crippen LogP) is -0.00900. The number of ether oxygens (including phenoxy) is 1. The molecule has 0 aromatic carbocycles. The zero-order valence-corrected chi connectivity index (χ0v) is 8.58. The number of nitrogens with one attached hydrogen (secondary N) is 1. The minimum atomic E-state index is -0.672. The van der Waals surface area contributed by atoms with Crippen molar-refractivity contribution < 1.29 is 8.95 Å². The summed E-state index contributed by atoms with van der Waals surface area (Å²) in [4.78, 5) is 0. The summed E-state index contributed by atoms with van der Waals surface area (Å²) in [6, 6.07) is 0. The van der Waals surface area contributed by atoms with Gasteiger partial charge in [-0.2, -0.15) is 0 Å². The van der Waals surface area contributed by atoms with Crippen LogP contribution in [0, 0.1) is 5.41 Å². The lowest BCUT2D eigenvalue weighted by atomic mass is 9.89. The van der Waals surface area contributed by atoms with Gasteiger partial charge in [0.1, 0.15) is 0 Å². The van der Waals surface area contributed by atoms with Crippen LogP contribution >= 0.6 is 0 Å². The highest BCUT2D eigenvalue weighted by Crippen LogP contribution is 2.24. The van der Waals surface area contributed by atoms with E-state index in [2.05, 4.69) is 12.2 Å². The fraction of sp³-hybridized carbons (Fsp3) is 1.00. The Hall–Kier alpha value is 0.0700. The molecule has 72 valence electrons. The van der Waals surface area contributed by atoms with Gasteiger partial charge in [0.25, 0.3) is 0 Å². The largest absolute Gasteiger partial charge is 0.380 e. The van der Waals surface area contributed by atoms with Crippen molar-refractivity contribution in [2.24, 2.45) is 5.41 Å². The number of rotatable bonds is 5. The van der Waals surface area contributed by atoms with Crippen molar-refractivity contribution in [1.29, 1.82) is 0 Å². The minimum absolute atomic E-state index is 0.329. The van der Waals surface area contributed by atoms with Gasteiger partial charge in [-0.15, -0.1) is 0 Å². The maximum atomic E-state index is 10.7. The van der Waals surface area contributed by atoms with Crippen LogP contribution in [0.1, 0.15) is 6.92 Å². The Morgan fingerprint density at radius 2 is 2.25 bits per heavy atom. The lowest BCUT2D eigenvalue weighted by molar-refractivity contribution is -0.0987. The van der Waals surface area contributed by atoms with Crippen molar-refractivity contribution in [1.82, 2.24) is 5.32 Å². The van der Waals surface area contributed by atoms with Crippen molar-refractivity contribution in [3.63, 3.8) is 0 Å². The van der Waals surface area contributed by atoms with Crippen LogP contribution < -0.4 is 5.32 Å². The summed E-state index contributed by atoms with van der Waals surface area (Å²) in [5.41, 5.74) is 0.329. The molecule has 1 heterocycles. The van der Waals surface area contributed by atoms with E-state index < -0.39 is 10.8 Å². The molecule has 0 aromatic rings. The molecular formula is C8H17NO2S. The van der Waals surface area contributed by atoms with Crippen LogP contribution in [-0.2, 0) is 15.5 Å². The van der Waals surface area contributed by atoms with Crippen LogP contribution in [-0.4, -0.2) is 42.5 Å². The summed E-state index contributed by atoms with van der Waals surface area (Å²) >= 11 is 0. The molecule has 12 heavy (non-hydrogen) atoms. The highest BCUT2D eigenvalue weighted by Gasteiger charge is 2.32. The normalized spacial score (nSPS) is 23.2. The summed E-state index contributed by atoms with van der Waals surface area (Å²) in [6.45, 7) is 5.74. The molecule has 1 atom stereocenters. The second kappa shape index (κ2) is 4.35. The number of hydrogen-bond donors (Lipinski definition) is 1. The second-order valence-electron chi connectivity index (χ2n) is 3.76. The van der Waals surface area contributed by atoms with Gasteiger partial charge in [-0.1, -0.05) is 6.92 Å². The Balaban J connectivity index is 1.98. The van der Waals surface area contributed by atoms with Gasteiger partial charge in [0.15, 0.2) is 0 Å².